The molecule has 0 atom stereocenters. The van der Waals surface area contributed by atoms with Crippen molar-refractivity contribution in [3.8, 4) is 0 Å². The number of nitrogen functional groups attached to an aromatic ring is 1. The summed E-state index contributed by atoms with van der Waals surface area (Å²) in [6.07, 6.45) is 2.81. The second-order valence-electron chi connectivity index (χ2n) is 4.04. The molecule has 108 valence electrons. The molecule has 9 heteroatoms. The van der Waals surface area contributed by atoms with Gasteiger partial charge in [0.1, 0.15) is 17.5 Å². The summed E-state index contributed by atoms with van der Waals surface area (Å²) in [6, 6.07) is 1.67. The quantitative estimate of drug-likeness (QED) is 0.293. The Bertz CT molecular complexity index is 505. The van der Waals surface area contributed by atoms with Gasteiger partial charge in [0.25, 0.3) is 0 Å². The van der Waals surface area contributed by atoms with Gasteiger partial charge in [0, 0.05) is 25.6 Å². The Labute approximate surface area is 113 Å². The van der Waals surface area contributed by atoms with Crippen molar-refractivity contribution < 1.29 is 8.42 Å². The molecule has 0 amide bonds. The lowest BCUT2D eigenvalue weighted by Crippen LogP contribution is -2.28. The normalized spacial score (nSPS) is 11.3. The van der Waals surface area contributed by atoms with Crippen LogP contribution in [0.1, 0.15) is 19.2 Å². The third-order valence-electron chi connectivity index (χ3n) is 2.19. The minimum absolute atomic E-state index is 0.289. The van der Waals surface area contributed by atoms with Gasteiger partial charge in [-0.3, -0.25) is 0 Å². The van der Waals surface area contributed by atoms with E-state index in [9.17, 15) is 8.42 Å². The molecule has 0 saturated heterocycles. The van der Waals surface area contributed by atoms with Gasteiger partial charge in [-0.2, -0.15) is 0 Å². The Morgan fingerprint density at radius 3 is 2.53 bits per heavy atom. The van der Waals surface area contributed by atoms with E-state index in [4.69, 9.17) is 5.84 Å². The lowest BCUT2D eigenvalue weighted by molar-refractivity contribution is 0.589. The van der Waals surface area contributed by atoms with Gasteiger partial charge in [-0.05, 0) is 6.42 Å². The third kappa shape index (κ3) is 6.32. The van der Waals surface area contributed by atoms with Crippen LogP contribution in [0.5, 0.6) is 0 Å². The van der Waals surface area contributed by atoms with Gasteiger partial charge >= 0.3 is 0 Å². The summed E-state index contributed by atoms with van der Waals surface area (Å²) in [6.45, 7) is 2.76. The summed E-state index contributed by atoms with van der Waals surface area (Å²) in [5.41, 5.74) is 2.48. The number of sulfonamides is 1. The van der Waals surface area contributed by atoms with E-state index in [1.54, 1.807) is 6.07 Å². The van der Waals surface area contributed by atoms with E-state index in [0.717, 1.165) is 19.1 Å². The molecule has 0 bridgehead atoms. The van der Waals surface area contributed by atoms with Crippen molar-refractivity contribution in [2.24, 2.45) is 5.84 Å². The summed E-state index contributed by atoms with van der Waals surface area (Å²) < 4.78 is 24.2. The highest BCUT2D eigenvalue weighted by molar-refractivity contribution is 7.88. The van der Waals surface area contributed by atoms with Crippen LogP contribution in [0.3, 0.4) is 0 Å². The first-order chi connectivity index (χ1) is 8.94. The van der Waals surface area contributed by atoms with Crippen LogP contribution >= 0.6 is 0 Å². The molecule has 1 rings (SSSR count). The number of nitrogens with zero attached hydrogens (tertiary/aromatic N) is 2. The van der Waals surface area contributed by atoms with Crippen molar-refractivity contribution >= 4 is 21.7 Å². The van der Waals surface area contributed by atoms with Crippen molar-refractivity contribution in [2.45, 2.75) is 19.8 Å². The molecule has 0 aliphatic heterocycles. The third-order valence-corrected chi connectivity index (χ3v) is 2.92. The maximum atomic E-state index is 10.9. The number of hydrazine groups is 1. The van der Waals surface area contributed by atoms with Crippen LogP contribution in [0, 0.1) is 0 Å². The lowest BCUT2D eigenvalue weighted by Gasteiger charge is -2.09. The average molecular weight is 288 g/mol. The summed E-state index contributed by atoms with van der Waals surface area (Å²) in [7, 11) is -3.16. The predicted molar refractivity (Wildman–Crippen MR) is 75.2 cm³/mol. The van der Waals surface area contributed by atoms with Gasteiger partial charge in [-0.25, -0.2) is 29.0 Å². The first-order valence-corrected chi connectivity index (χ1v) is 7.87. The summed E-state index contributed by atoms with van der Waals surface area (Å²) >= 11 is 0. The van der Waals surface area contributed by atoms with E-state index < -0.39 is 10.0 Å². The molecule has 0 aromatic carbocycles. The molecule has 0 spiro atoms. The van der Waals surface area contributed by atoms with Gasteiger partial charge in [-0.15, -0.1) is 0 Å². The maximum Gasteiger partial charge on any atom is 0.208 e. The predicted octanol–water partition coefficient (Wildman–Crippen LogP) is -0.324. The number of rotatable bonds is 8. The smallest absolute Gasteiger partial charge is 0.208 e. The van der Waals surface area contributed by atoms with E-state index in [-0.39, 0.29) is 6.54 Å². The Kier molecular flexibility index (Phi) is 5.93. The van der Waals surface area contributed by atoms with Crippen molar-refractivity contribution in [1.29, 1.82) is 0 Å². The second kappa shape index (κ2) is 7.22. The highest BCUT2D eigenvalue weighted by Crippen LogP contribution is 2.11. The summed E-state index contributed by atoms with van der Waals surface area (Å²) in [5.74, 6) is 7.16. The fraction of sp³-hybridized carbons (Fsp3) is 0.600. The fourth-order valence-corrected chi connectivity index (χ4v) is 1.90. The van der Waals surface area contributed by atoms with E-state index in [0.29, 0.717) is 24.0 Å². The van der Waals surface area contributed by atoms with Crippen LogP contribution < -0.4 is 21.3 Å². The molecule has 0 unspecified atom stereocenters. The fourth-order valence-electron chi connectivity index (χ4n) is 1.42. The van der Waals surface area contributed by atoms with E-state index in [2.05, 4.69) is 25.4 Å². The minimum Gasteiger partial charge on any atom is -0.369 e. The average Bonchev–Trinajstić information content (AvgIpc) is 2.34. The van der Waals surface area contributed by atoms with Crippen LogP contribution in [-0.4, -0.2) is 37.7 Å². The van der Waals surface area contributed by atoms with E-state index in [1.807, 2.05) is 6.92 Å². The summed E-state index contributed by atoms with van der Waals surface area (Å²) in [5, 5.41) is 3.02. The number of aromatic nitrogens is 2. The zero-order valence-electron chi connectivity index (χ0n) is 11.1. The molecular weight excluding hydrogens is 268 g/mol. The number of nitrogens with two attached hydrogens (primary N) is 1. The topological polar surface area (TPSA) is 122 Å². The van der Waals surface area contributed by atoms with Crippen molar-refractivity contribution in [3.63, 3.8) is 0 Å². The zero-order valence-corrected chi connectivity index (χ0v) is 11.9. The Balaban J connectivity index is 2.59. The molecule has 0 radical (unpaired) electrons. The van der Waals surface area contributed by atoms with E-state index >= 15 is 0 Å². The monoisotopic (exact) mass is 288 g/mol. The molecule has 0 aliphatic carbocycles. The molecule has 0 saturated carbocycles. The maximum absolute atomic E-state index is 10.9. The Morgan fingerprint density at radius 1 is 1.26 bits per heavy atom. The largest absolute Gasteiger partial charge is 0.369 e. The number of aryl methyl sites for hydroxylation is 1. The molecule has 5 N–H and O–H groups in total. The first-order valence-electron chi connectivity index (χ1n) is 5.97. The van der Waals surface area contributed by atoms with Crippen molar-refractivity contribution in [2.75, 3.05) is 30.1 Å². The van der Waals surface area contributed by atoms with Gasteiger partial charge < -0.3 is 10.7 Å². The SMILES string of the molecule is CCCc1nc(NN)cc(NCCNS(C)(=O)=O)n1. The molecule has 19 heavy (non-hydrogen) atoms. The molecule has 8 nitrogen and oxygen atoms in total. The summed E-state index contributed by atoms with van der Waals surface area (Å²) in [4.78, 5) is 8.52. The Hall–Kier alpha value is -1.45. The van der Waals surface area contributed by atoms with E-state index in [1.165, 1.54) is 0 Å². The molecule has 1 heterocycles. The van der Waals surface area contributed by atoms with Crippen LogP contribution in [0.4, 0.5) is 11.6 Å². The Morgan fingerprint density at radius 2 is 1.95 bits per heavy atom. The van der Waals surface area contributed by atoms with Crippen LogP contribution in [0.2, 0.25) is 0 Å². The standard InChI is InChI=1S/C10H20N6O2S/c1-3-4-8-14-9(7-10(15-8)16-11)12-5-6-13-19(2,17)18/h7,13H,3-6,11H2,1-2H3,(H2,12,14,15,16). The number of hydrogen-bond donors (Lipinski definition) is 4. The first kappa shape index (κ1) is 15.6. The molecular formula is C10H20N6O2S. The van der Waals surface area contributed by atoms with Gasteiger partial charge in [0.2, 0.25) is 10.0 Å². The van der Waals surface area contributed by atoms with Crippen LogP contribution in [-0.2, 0) is 16.4 Å². The highest BCUT2D eigenvalue weighted by Gasteiger charge is 2.04. The highest BCUT2D eigenvalue weighted by atomic mass is 32.2. The molecule has 1 aromatic rings. The van der Waals surface area contributed by atoms with Crippen molar-refractivity contribution in [1.82, 2.24) is 14.7 Å². The number of anilines is 2. The van der Waals surface area contributed by atoms with Gasteiger partial charge in [-0.1, -0.05) is 6.92 Å². The van der Waals surface area contributed by atoms with Crippen LogP contribution in [0.15, 0.2) is 6.07 Å². The van der Waals surface area contributed by atoms with Crippen LogP contribution in [0.25, 0.3) is 0 Å². The molecule has 1 aromatic heterocycles. The lowest BCUT2D eigenvalue weighted by atomic mass is 10.3. The molecule has 0 fully saturated rings. The van der Waals surface area contributed by atoms with Gasteiger partial charge in [0.15, 0.2) is 0 Å². The second-order valence-corrected chi connectivity index (χ2v) is 5.88. The number of hydrogen-bond acceptors (Lipinski definition) is 7. The van der Waals surface area contributed by atoms with Gasteiger partial charge in [0.05, 0.1) is 6.26 Å². The van der Waals surface area contributed by atoms with Crippen molar-refractivity contribution in [3.05, 3.63) is 11.9 Å². The zero-order chi connectivity index (χ0) is 14.3. The number of nitrogens with one attached hydrogen (secondary N) is 3. The molecule has 0 aliphatic rings. The minimum atomic E-state index is -3.16.